The van der Waals surface area contributed by atoms with E-state index in [0.29, 0.717) is 108 Å². The van der Waals surface area contributed by atoms with Crippen molar-refractivity contribution >= 4 is 80.3 Å². The number of anilines is 4. The number of aromatic nitrogens is 4. The Kier molecular flexibility index (Phi) is 18.4. The van der Waals surface area contributed by atoms with E-state index in [9.17, 15) is 28.8 Å². The van der Waals surface area contributed by atoms with E-state index in [-0.39, 0.29) is 35.4 Å². The fourth-order valence-electron chi connectivity index (χ4n) is 9.59. The summed E-state index contributed by atoms with van der Waals surface area (Å²) in [6.45, 7) is 16.3. The lowest BCUT2D eigenvalue weighted by Gasteiger charge is -2.36. The average Bonchev–Trinajstić information content (AvgIpc) is 4.17. The number of nitrogens with zero attached hydrogens (tertiary/aromatic N) is 6. The monoisotopic (exact) mass is 1070 g/mol. The van der Waals surface area contributed by atoms with Crippen molar-refractivity contribution in [3.05, 3.63) is 72.3 Å². The Balaban J connectivity index is 1.01. The standard InChI is InChI=1S/C56H76N14O8/c1-31(57-9)49(71)67-45(55(3,4)5)53(75)69-21-13-15-41(69)51(73)65-39-23-35-37(25-43(39)77-11)61-29-63-47(35)59-27-33-17-19-34(20-18-33)28-60-48-36-24-40(44(78-12)26-38(36)62-30-64-48)66-52(74)42-16-14-22-70(42)54(76)46(56(6,7)8)68-50(72)32(2)58-10/h17-20,23-26,29-32,41-42,45-46,57-58H,13-16,21-22,27-28H2,1-12H3,(H,65,73)(H,66,74)(H,67,71)(H,68,72)(H,59,61,63)(H,60,62,64)/t31-,32-,41+,42+,45-,46-/m1/s1. The van der Waals surface area contributed by atoms with Crippen LogP contribution in [0.1, 0.15) is 92.2 Å². The lowest BCUT2D eigenvalue weighted by atomic mass is 9.85. The van der Waals surface area contributed by atoms with E-state index < -0.39 is 47.1 Å². The van der Waals surface area contributed by atoms with Crippen LogP contribution in [-0.2, 0) is 41.9 Å². The van der Waals surface area contributed by atoms with E-state index >= 15 is 0 Å². The van der Waals surface area contributed by atoms with Crippen LogP contribution in [0.3, 0.4) is 0 Å². The summed E-state index contributed by atoms with van der Waals surface area (Å²) in [6.07, 6.45) is 5.08. The van der Waals surface area contributed by atoms with Crippen LogP contribution >= 0.6 is 0 Å². The minimum Gasteiger partial charge on any atom is -0.494 e. The maximum Gasteiger partial charge on any atom is 0.247 e. The molecule has 0 saturated carbocycles. The van der Waals surface area contributed by atoms with Gasteiger partial charge in [0.2, 0.25) is 35.4 Å². The zero-order chi connectivity index (χ0) is 56.6. The number of carbonyl (C=O) groups is 6. The summed E-state index contributed by atoms with van der Waals surface area (Å²) >= 11 is 0. The van der Waals surface area contributed by atoms with E-state index in [0.717, 1.165) is 11.1 Å². The van der Waals surface area contributed by atoms with Gasteiger partial charge in [-0.2, -0.15) is 0 Å². The normalized spacial score (nSPS) is 17.2. The van der Waals surface area contributed by atoms with Crippen LogP contribution in [0.25, 0.3) is 21.8 Å². The fourth-order valence-corrected chi connectivity index (χ4v) is 9.59. The van der Waals surface area contributed by atoms with Crippen molar-refractivity contribution in [2.45, 2.75) is 130 Å². The van der Waals surface area contributed by atoms with Gasteiger partial charge in [-0.05, 0) is 87.7 Å². The molecule has 6 atom stereocenters. The molecule has 4 heterocycles. The summed E-state index contributed by atoms with van der Waals surface area (Å²) in [5.41, 5.74) is 2.66. The van der Waals surface area contributed by atoms with E-state index in [1.165, 1.54) is 26.9 Å². The summed E-state index contributed by atoms with van der Waals surface area (Å²) in [5, 5.41) is 25.8. The zero-order valence-corrected chi connectivity index (χ0v) is 46.8. The van der Waals surface area contributed by atoms with Crippen molar-refractivity contribution in [2.75, 3.05) is 62.7 Å². The largest absolute Gasteiger partial charge is 0.494 e. The minimum atomic E-state index is -0.849. The van der Waals surface area contributed by atoms with Crippen molar-refractivity contribution < 1.29 is 38.2 Å². The fraction of sp³-hybridized carbons (Fsp3) is 0.500. The van der Waals surface area contributed by atoms with Gasteiger partial charge in [0.05, 0.1) is 48.7 Å². The Morgan fingerprint density at radius 2 is 0.962 bits per heavy atom. The smallest absolute Gasteiger partial charge is 0.247 e. The quantitative estimate of drug-likeness (QED) is 0.0512. The van der Waals surface area contributed by atoms with Crippen LogP contribution in [0.2, 0.25) is 0 Å². The molecule has 0 bridgehead atoms. The minimum absolute atomic E-state index is 0.304. The van der Waals surface area contributed by atoms with Gasteiger partial charge in [-0.25, -0.2) is 19.9 Å². The molecule has 0 unspecified atom stereocenters. The molecule has 2 saturated heterocycles. The molecule has 2 fully saturated rings. The van der Waals surface area contributed by atoms with Crippen molar-refractivity contribution in [1.82, 2.24) is 51.0 Å². The van der Waals surface area contributed by atoms with Crippen molar-refractivity contribution in [1.29, 1.82) is 0 Å². The molecular weight excluding hydrogens is 997 g/mol. The van der Waals surface area contributed by atoms with Crippen LogP contribution in [0.4, 0.5) is 23.0 Å². The average molecular weight is 1070 g/mol. The second-order valence-corrected chi connectivity index (χ2v) is 22.1. The van der Waals surface area contributed by atoms with Crippen LogP contribution in [0.5, 0.6) is 11.5 Å². The lowest BCUT2D eigenvalue weighted by molar-refractivity contribution is -0.143. The highest BCUT2D eigenvalue weighted by atomic mass is 16.5. The Labute approximate surface area is 455 Å². The molecule has 2 aromatic heterocycles. The molecule has 78 heavy (non-hydrogen) atoms. The predicted octanol–water partition coefficient (Wildman–Crippen LogP) is 4.95. The molecule has 418 valence electrons. The number of ether oxygens (including phenoxy) is 2. The number of nitrogens with one attached hydrogen (secondary N) is 8. The predicted molar refractivity (Wildman–Crippen MR) is 300 cm³/mol. The highest BCUT2D eigenvalue weighted by Crippen LogP contribution is 2.36. The van der Waals surface area contributed by atoms with Crippen LogP contribution in [0.15, 0.2) is 61.2 Å². The summed E-state index contributed by atoms with van der Waals surface area (Å²) in [5.74, 6) is -0.141. The van der Waals surface area contributed by atoms with Gasteiger partial charge in [0.25, 0.3) is 0 Å². The summed E-state index contributed by atoms with van der Waals surface area (Å²) in [7, 11) is 6.37. The lowest BCUT2D eigenvalue weighted by Crippen LogP contribution is -2.59. The molecule has 7 rings (SSSR count). The van der Waals surface area contributed by atoms with E-state index in [4.69, 9.17) is 9.47 Å². The van der Waals surface area contributed by atoms with E-state index in [1.807, 2.05) is 65.8 Å². The Morgan fingerprint density at radius 3 is 1.29 bits per heavy atom. The molecule has 8 N–H and O–H groups in total. The number of likely N-dealkylation sites (N-methyl/N-ethyl adjacent to an activating group) is 2. The number of hydrogen-bond acceptors (Lipinski definition) is 16. The van der Waals surface area contributed by atoms with Crippen LogP contribution in [-0.4, -0.2) is 143 Å². The molecule has 6 amide bonds. The number of amides is 6. The third-order valence-corrected chi connectivity index (χ3v) is 14.5. The highest BCUT2D eigenvalue weighted by Gasteiger charge is 2.44. The van der Waals surface area contributed by atoms with Crippen LogP contribution in [0, 0.1) is 10.8 Å². The molecule has 0 radical (unpaired) electrons. The Bertz CT molecular complexity index is 2810. The first-order valence-corrected chi connectivity index (χ1v) is 26.5. The Hall–Kier alpha value is -7.72. The second kappa shape index (κ2) is 24.7. The third kappa shape index (κ3) is 13.3. The summed E-state index contributed by atoms with van der Waals surface area (Å²) in [4.78, 5) is 103. The maximum absolute atomic E-state index is 14.1. The molecule has 2 aliphatic heterocycles. The zero-order valence-electron chi connectivity index (χ0n) is 46.8. The van der Waals surface area contributed by atoms with E-state index in [2.05, 4.69) is 62.5 Å². The second-order valence-electron chi connectivity index (χ2n) is 22.1. The van der Waals surface area contributed by atoms with Crippen LogP contribution < -0.4 is 52.0 Å². The topological polar surface area (TPSA) is 275 Å². The summed E-state index contributed by atoms with van der Waals surface area (Å²) in [6, 6.07) is 10.7. The first kappa shape index (κ1) is 58.0. The van der Waals surface area contributed by atoms with Gasteiger partial charge in [0.15, 0.2) is 0 Å². The number of fused-ring (bicyclic) bond motifs is 2. The van der Waals surface area contributed by atoms with Gasteiger partial charge in [-0.1, -0.05) is 65.8 Å². The highest BCUT2D eigenvalue weighted by molar-refractivity contribution is 6.04. The van der Waals surface area contributed by atoms with Gasteiger partial charge in [0, 0.05) is 49.1 Å². The van der Waals surface area contributed by atoms with Gasteiger partial charge < -0.3 is 61.8 Å². The SMILES string of the molecule is CN[C@H](C)C(=O)N[C@H](C(=O)N1CCC[C@H]1C(=O)Nc1cc2c(NCc3ccc(CNc4ncnc5cc(OC)c(NC(=O)[C@@H]6CCCN6C(=O)[C@@H](NC(=O)[C@@H](C)NC)C(C)(C)C)cc45)cc3)ncnc2cc1OC)C(C)(C)C. The van der Waals surface area contributed by atoms with Gasteiger partial charge in [0.1, 0.15) is 60.0 Å². The molecule has 2 aliphatic rings. The summed E-state index contributed by atoms with van der Waals surface area (Å²) < 4.78 is 11.4. The molecule has 22 nitrogen and oxygen atoms in total. The molecular formula is C56H76N14O8. The molecule has 22 heteroatoms. The van der Waals surface area contributed by atoms with E-state index in [1.54, 1.807) is 62.0 Å². The first-order chi connectivity index (χ1) is 37.1. The number of hydrogen-bond donors (Lipinski definition) is 8. The molecule has 0 spiro atoms. The van der Waals surface area contributed by atoms with Crippen molar-refractivity contribution in [3.63, 3.8) is 0 Å². The van der Waals surface area contributed by atoms with Gasteiger partial charge in [-0.3, -0.25) is 28.8 Å². The van der Waals surface area contributed by atoms with Crippen molar-refractivity contribution in [3.8, 4) is 11.5 Å². The number of benzene rings is 3. The molecule has 5 aromatic rings. The number of likely N-dealkylation sites (tertiary alicyclic amines) is 2. The number of rotatable bonds is 20. The van der Waals surface area contributed by atoms with Crippen molar-refractivity contribution in [2.24, 2.45) is 10.8 Å². The maximum atomic E-state index is 14.1. The number of methoxy groups -OCH3 is 2. The molecule has 0 aliphatic carbocycles. The van der Waals surface area contributed by atoms with Gasteiger partial charge in [-0.15, -0.1) is 0 Å². The third-order valence-electron chi connectivity index (χ3n) is 14.5. The van der Waals surface area contributed by atoms with Gasteiger partial charge >= 0.3 is 0 Å². The Morgan fingerprint density at radius 1 is 0.590 bits per heavy atom. The molecule has 3 aromatic carbocycles. The first-order valence-electron chi connectivity index (χ1n) is 26.5. The number of carbonyl (C=O) groups excluding carboxylic acids is 6.